The molecule has 4 aromatic rings. The lowest BCUT2D eigenvalue weighted by Crippen LogP contribution is -2.48. The first-order valence-electron chi connectivity index (χ1n) is 13.8. The Morgan fingerprint density at radius 3 is 2.65 bits per heavy atom. The van der Waals surface area contributed by atoms with Crippen molar-refractivity contribution in [1.82, 2.24) is 24.4 Å². The molecule has 0 amide bonds. The van der Waals surface area contributed by atoms with E-state index in [2.05, 4.69) is 36.9 Å². The predicted octanol–water partition coefficient (Wildman–Crippen LogP) is 5.20. The normalized spacial score (nSPS) is 15.8. The van der Waals surface area contributed by atoms with Gasteiger partial charge in [0, 0.05) is 67.6 Å². The fourth-order valence-electron chi connectivity index (χ4n) is 5.54. The molecule has 1 saturated heterocycles. The number of hydrogen-bond donors (Lipinski definition) is 0. The molecule has 210 valence electrons. The number of aryl methyl sites for hydroxylation is 2. The first-order chi connectivity index (χ1) is 19.2. The molecular formula is C31H37FN6O2. The summed E-state index contributed by atoms with van der Waals surface area (Å²) in [6, 6.07) is 9.77. The van der Waals surface area contributed by atoms with Crippen molar-refractivity contribution < 1.29 is 9.13 Å². The lowest BCUT2D eigenvalue weighted by Gasteiger charge is -2.40. The number of rotatable bonds is 8. The zero-order valence-electron chi connectivity index (χ0n) is 23.9. The molecule has 40 heavy (non-hydrogen) atoms. The molecule has 9 heteroatoms. The van der Waals surface area contributed by atoms with Gasteiger partial charge in [0.05, 0.1) is 24.4 Å². The van der Waals surface area contributed by atoms with Crippen LogP contribution in [0.5, 0.6) is 5.88 Å². The summed E-state index contributed by atoms with van der Waals surface area (Å²) in [5.74, 6) is -0.755. The van der Waals surface area contributed by atoms with Crippen molar-refractivity contribution in [3.05, 3.63) is 87.5 Å². The average Bonchev–Trinajstić information content (AvgIpc) is 2.94. The minimum Gasteiger partial charge on any atom is -0.479 e. The molecule has 1 aliphatic rings. The Morgan fingerprint density at radius 2 is 1.95 bits per heavy atom. The third-order valence-electron chi connectivity index (χ3n) is 7.64. The molecule has 1 atom stereocenters. The number of halogens is 1. The number of nitrogens with zero attached hydrogens (tertiary/aromatic N) is 6. The molecule has 0 aromatic carbocycles. The second kappa shape index (κ2) is 11.7. The Labute approximate surface area is 234 Å². The van der Waals surface area contributed by atoms with Crippen molar-refractivity contribution in [2.75, 3.05) is 25.1 Å². The van der Waals surface area contributed by atoms with E-state index in [1.165, 1.54) is 13.2 Å². The van der Waals surface area contributed by atoms with Gasteiger partial charge in [-0.3, -0.25) is 19.7 Å². The van der Waals surface area contributed by atoms with Crippen LogP contribution in [0.1, 0.15) is 55.2 Å². The number of ether oxygens (including phenoxy) is 1. The Bertz CT molecular complexity index is 1550. The van der Waals surface area contributed by atoms with Crippen LogP contribution in [0.2, 0.25) is 0 Å². The Kier molecular flexibility index (Phi) is 8.12. The van der Waals surface area contributed by atoms with Gasteiger partial charge in [0.25, 0.3) is 5.88 Å². The van der Waals surface area contributed by atoms with Crippen molar-refractivity contribution in [3.63, 3.8) is 0 Å². The van der Waals surface area contributed by atoms with E-state index < -0.39 is 5.82 Å². The number of piperidine rings is 1. The molecule has 0 spiro atoms. The number of methoxy groups -OCH3 is 1. The second-order valence-corrected chi connectivity index (χ2v) is 10.9. The minimum absolute atomic E-state index is 0.0139. The number of fused-ring (bicyclic) bond motifs is 1. The molecule has 1 aliphatic heterocycles. The van der Waals surface area contributed by atoms with E-state index in [0.717, 1.165) is 48.6 Å². The molecule has 0 N–H and O–H groups in total. The van der Waals surface area contributed by atoms with E-state index in [9.17, 15) is 9.18 Å². The molecule has 0 unspecified atom stereocenters. The molecular weight excluding hydrogens is 507 g/mol. The maximum absolute atomic E-state index is 14.7. The van der Waals surface area contributed by atoms with Crippen LogP contribution in [0.15, 0.2) is 53.7 Å². The summed E-state index contributed by atoms with van der Waals surface area (Å²) in [6.07, 6.45) is 7.70. The van der Waals surface area contributed by atoms with Gasteiger partial charge in [0.15, 0.2) is 11.2 Å². The van der Waals surface area contributed by atoms with Gasteiger partial charge in [-0.1, -0.05) is 0 Å². The van der Waals surface area contributed by atoms with E-state index in [1.807, 2.05) is 63.0 Å². The largest absolute Gasteiger partial charge is 0.479 e. The van der Waals surface area contributed by atoms with E-state index >= 15 is 0 Å². The number of aromatic nitrogens is 4. The van der Waals surface area contributed by atoms with Gasteiger partial charge in [0.2, 0.25) is 0 Å². The summed E-state index contributed by atoms with van der Waals surface area (Å²) in [4.78, 5) is 31.8. The van der Waals surface area contributed by atoms with Crippen LogP contribution in [-0.2, 0) is 13.1 Å². The molecule has 5 rings (SSSR count). The molecule has 0 aliphatic carbocycles. The van der Waals surface area contributed by atoms with Gasteiger partial charge >= 0.3 is 0 Å². The maximum atomic E-state index is 14.7. The standard InChI is InChI=1S/C31H37FN6O2/c1-20(2)38-18-24(29(39)27-14-28(32)31(40-5)35-30(27)38)17-37(16-23-10-11-33-22(4)13-23)26-7-6-12-36(19-26)25-9-8-21(3)34-15-25/h8-11,13-15,18,20,26H,6-7,12,16-17,19H2,1-5H3/t26-/m0/s1. The summed E-state index contributed by atoms with van der Waals surface area (Å²) in [5.41, 5.74) is 5.04. The maximum Gasteiger partial charge on any atom is 0.252 e. The molecule has 0 bridgehead atoms. The molecule has 1 fully saturated rings. The zero-order chi connectivity index (χ0) is 28.4. The van der Waals surface area contributed by atoms with Crippen molar-refractivity contribution in [1.29, 1.82) is 0 Å². The SMILES string of the molecule is COc1nc2c(cc1F)c(=O)c(CN(Cc1ccnc(C)c1)[C@H]1CCCN(c3ccc(C)nc3)C1)cn2C(C)C. The third kappa shape index (κ3) is 5.84. The monoisotopic (exact) mass is 544 g/mol. The van der Waals surface area contributed by atoms with E-state index in [0.29, 0.717) is 24.3 Å². The van der Waals surface area contributed by atoms with E-state index in [1.54, 1.807) is 0 Å². The lowest BCUT2D eigenvalue weighted by molar-refractivity contribution is 0.158. The quantitative estimate of drug-likeness (QED) is 0.302. The highest BCUT2D eigenvalue weighted by molar-refractivity contribution is 5.76. The van der Waals surface area contributed by atoms with Crippen LogP contribution < -0.4 is 15.1 Å². The Morgan fingerprint density at radius 1 is 1.12 bits per heavy atom. The molecule has 0 saturated carbocycles. The van der Waals surface area contributed by atoms with E-state index in [4.69, 9.17) is 4.74 Å². The molecule has 0 radical (unpaired) electrons. The molecule has 5 heterocycles. The van der Waals surface area contributed by atoms with Crippen LogP contribution in [0.4, 0.5) is 10.1 Å². The van der Waals surface area contributed by atoms with Crippen molar-refractivity contribution in [2.24, 2.45) is 0 Å². The summed E-state index contributed by atoms with van der Waals surface area (Å²) in [6.45, 7) is 10.9. The van der Waals surface area contributed by atoms with Crippen molar-refractivity contribution in [2.45, 2.75) is 65.7 Å². The molecule has 8 nitrogen and oxygen atoms in total. The van der Waals surface area contributed by atoms with Crippen LogP contribution in [-0.4, -0.2) is 50.7 Å². The highest BCUT2D eigenvalue weighted by Crippen LogP contribution is 2.26. The lowest BCUT2D eigenvalue weighted by atomic mass is 10.0. The fourth-order valence-corrected chi connectivity index (χ4v) is 5.54. The zero-order valence-corrected chi connectivity index (χ0v) is 23.9. The van der Waals surface area contributed by atoms with Crippen molar-refractivity contribution >= 4 is 16.7 Å². The van der Waals surface area contributed by atoms with Gasteiger partial charge in [-0.2, -0.15) is 4.98 Å². The smallest absolute Gasteiger partial charge is 0.252 e. The second-order valence-electron chi connectivity index (χ2n) is 10.9. The Balaban J connectivity index is 1.54. The average molecular weight is 545 g/mol. The summed E-state index contributed by atoms with van der Waals surface area (Å²) < 4.78 is 21.8. The van der Waals surface area contributed by atoms with Crippen molar-refractivity contribution in [3.8, 4) is 5.88 Å². The van der Waals surface area contributed by atoms with Crippen LogP contribution in [0, 0.1) is 19.7 Å². The van der Waals surface area contributed by atoms with Gasteiger partial charge < -0.3 is 14.2 Å². The highest BCUT2D eigenvalue weighted by Gasteiger charge is 2.28. The summed E-state index contributed by atoms with van der Waals surface area (Å²) in [7, 11) is 1.38. The Hall–Kier alpha value is -3.85. The highest BCUT2D eigenvalue weighted by atomic mass is 19.1. The number of hydrogen-bond acceptors (Lipinski definition) is 7. The van der Waals surface area contributed by atoms with E-state index in [-0.39, 0.29) is 28.8 Å². The van der Waals surface area contributed by atoms with Crippen LogP contribution >= 0.6 is 0 Å². The predicted molar refractivity (Wildman–Crippen MR) is 155 cm³/mol. The number of pyridine rings is 4. The van der Waals surface area contributed by atoms with Crippen LogP contribution in [0.25, 0.3) is 11.0 Å². The summed E-state index contributed by atoms with van der Waals surface area (Å²) >= 11 is 0. The molecule has 4 aromatic heterocycles. The number of anilines is 1. The van der Waals surface area contributed by atoms with Gasteiger partial charge in [-0.05, 0) is 76.4 Å². The van der Waals surface area contributed by atoms with Gasteiger partial charge in [-0.15, -0.1) is 0 Å². The third-order valence-corrected chi connectivity index (χ3v) is 7.64. The minimum atomic E-state index is -0.640. The fraction of sp³-hybridized carbons (Fsp3) is 0.419. The summed E-state index contributed by atoms with van der Waals surface area (Å²) in [5, 5.41) is 0.264. The first kappa shape index (κ1) is 27.7. The van der Waals surface area contributed by atoms with Gasteiger partial charge in [0.1, 0.15) is 5.65 Å². The topological polar surface area (TPSA) is 76.4 Å². The first-order valence-corrected chi connectivity index (χ1v) is 13.8. The van der Waals surface area contributed by atoms with Crippen LogP contribution in [0.3, 0.4) is 0 Å². The van der Waals surface area contributed by atoms with Gasteiger partial charge in [-0.25, -0.2) is 4.39 Å².